The van der Waals surface area contributed by atoms with Crippen molar-refractivity contribution in [3.8, 4) is 0 Å². The highest BCUT2D eigenvalue weighted by atomic mass is 35.5. The Balaban J connectivity index is 0.00000162. The quantitative estimate of drug-likeness (QED) is 0.926. The fraction of sp³-hybridized carbons (Fsp3) is 0.500. The highest BCUT2D eigenvalue weighted by molar-refractivity contribution is 7.91. The Labute approximate surface area is 113 Å². The molecule has 1 aromatic rings. The Morgan fingerprint density at radius 2 is 1.83 bits per heavy atom. The summed E-state index contributed by atoms with van der Waals surface area (Å²) in [6.07, 6.45) is 1.24. The van der Waals surface area contributed by atoms with Gasteiger partial charge in [-0.15, -0.1) is 12.4 Å². The molecule has 0 amide bonds. The fourth-order valence-corrected chi connectivity index (χ4v) is 3.96. The number of hydrogen-bond acceptors (Lipinski definition) is 3. The highest BCUT2D eigenvalue weighted by Crippen LogP contribution is 2.19. The highest BCUT2D eigenvalue weighted by Gasteiger charge is 2.27. The van der Waals surface area contributed by atoms with Crippen molar-refractivity contribution in [2.75, 3.05) is 13.1 Å². The Morgan fingerprint density at radius 3 is 2.44 bits per heavy atom. The summed E-state index contributed by atoms with van der Waals surface area (Å²) in [5.41, 5.74) is 0.269. The Bertz CT molecular complexity index is 487. The van der Waals surface area contributed by atoms with Gasteiger partial charge in [0, 0.05) is 5.56 Å². The first-order valence-electron chi connectivity index (χ1n) is 5.75. The van der Waals surface area contributed by atoms with Crippen molar-refractivity contribution < 1.29 is 12.8 Å². The van der Waals surface area contributed by atoms with Gasteiger partial charge in [-0.1, -0.05) is 18.2 Å². The maximum Gasteiger partial charge on any atom is 0.157 e. The summed E-state index contributed by atoms with van der Waals surface area (Å²) in [6.45, 7) is 1.45. The average molecular weight is 294 g/mol. The minimum absolute atomic E-state index is 0. The molecular weight excluding hydrogens is 277 g/mol. The van der Waals surface area contributed by atoms with E-state index in [0.717, 1.165) is 13.1 Å². The number of hydrogen-bond donors (Lipinski definition) is 1. The molecule has 1 aliphatic rings. The molecule has 102 valence electrons. The van der Waals surface area contributed by atoms with Crippen LogP contribution in [-0.4, -0.2) is 26.8 Å². The van der Waals surface area contributed by atoms with Crippen LogP contribution < -0.4 is 5.32 Å². The number of piperidine rings is 1. The standard InChI is InChI=1S/C12H16FNO2S.ClH/c13-12-4-2-1-3-10(12)9-17(15,16)11-5-7-14-8-6-11;/h1-4,11,14H,5-9H2;1H. The van der Waals surface area contributed by atoms with E-state index in [2.05, 4.69) is 5.32 Å². The summed E-state index contributed by atoms with van der Waals surface area (Å²) in [7, 11) is -3.24. The zero-order valence-corrected chi connectivity index (χ0v) is 11.6. The molecule has 0 spiro atoms. The third kappa shape index (κ3) is 3.67. The molecule has 0 atom stereocenters. The first-order chi connectivity index (χ1) is 8.09. The summed E-state index contributed by atoms with van der Waals surface area (Å²) >= 11 is 0. The van der Waals surface area contributed by atoms with E-state index in [1.54, 1.807) is 12.1 Å². The van der Waals surface area contributed by atoms with E-state index in [-0.39, 0.29) is 29.0 Å². The Morgan fingerprint density at radius 1 is 1.22 bits per heavy atom. The molecule has 0 aromatic heterocycles. The average Bonchev–Trinajstić information content (AvgIpc) is 2.33. The molecule has 0 bridgehead atoms. The second-order valence-corrected chi connectivity index (χ2v) is 6.63. The van der Waals surface area contributed by atoms with Crippen molar-refractivity contribution in [1.29, 1.82) is 0 Å². The molecule has 1 saturated heterocycles. The Kier molecular flexibility index (Phi) is 5.56. The van der Waals surface area contributed by atoms with Crippen LogP contribution in [0.1, 0.15) is 18.4 Å². The number of nitrogens with one attached hydrogen (secondary N) is 1. The monoisotopic (exact) mass is 293 g/mol. The summed E-state index contributed by atoms with van der Waals surface area (Å²) < 4.78 is 37.6. The van der Waals surface area contributed by atoms with E-state index < -0.39 is 15.7 Å². The summed E-state index contributed by atoms with van der Waals surface area (Å²) in [5.74, 6) is -0.630. The zero-order valence-electron chi connectivity index (χ0n) is 9.93. The molecule has 1 N–H and O–H groups in total. The van der Waals surface area contributed by atoms with Gasteiger partial charge in [-0.05, 0) is 32.0 Å². The lowest BCUT2D eigenvalue weighted by atomic mass is 10.2. The SMILES string of the molecule is Cl.O=S(=O)(Cc1ccccc1F)C1CCNCC1. The van der Waals surface area contributed by atoms with E-state index in [9.17, 15) is 12.8 Å². The molecule has 0 aliphatic carbocycles. The number of halogens is 2. The fourth-order valence-electron chi connectivity index (χ4n) is 2.10. The van der Waals surface area contributed by atoms with Crippen LogP contribution in [0.25, 0.3) is 0 Å². The van der Waals surface area contributed by atoms with Crippen LogP contribution in [-0.2, 0) is 15.6 Å². The predicted molar refractivity (Wildman–Crippen MR) is 72.2 cm³/mol. The van der Waals surface area contributed by atoms with E-state index in [1.165, 1.54) is 12.1 Å². The van der Waals surface area contributed by atoms with E-state index in [4.69, 9.17) is 0 Å². The molecule has 0 unspecified atom stereocenters. The van der Waals surface area contributed by atoms with Crippen LogP contribution in [0.4, 0.5) is 4.39 Å². The molecule has 2 rings (SSSR count). The third-order valence-electron chi connectivity index (χ3n) is 3.11. The van der Waals surface area contributed by atoms with Crippen LogP contribution in [0.3, 0.4) is 0 Å². The van der Waals surface area contributed by atoms with E-state index in [1.807, 2.05) is 0 Å². The van der Waals surface area contributed by atoms with Crippen LogP contribution in [0, 0.1) is 5.82 Å². The normalized spacial score (nSPS) is 17.2. The predicted octanol–water partition coefficient (Wildman–Crippen LogP) is 1.91. The number of benzene rings is 1. The van der Waals surface area contributed by atoms with Crippen LogP contribution >= 0.6 is 12.4 Å². The molecular formula is C12H17ClFNO2S. The molecule has 1 aromatic carbocycles. The summed E-state index contributed by atoms with van der Waals surface area (Å²) in [4.78, 5) is 0. The van der Waals surface area contributed by atoms with Crippen molar-refractivity contribution >= 4 is 22.2 Å². The second kappa shape index (κ2) is 6.50. The minimum atomic E-state index is -3.24. The lowest BCUT2D eigenvalue weighted by Gasteiger charge is -2.22. The largest absolute Gasteiger partial charge is 0.317 e. The lowest BCUT2D eigenvalue weighted by Crippen LogP contribution is -2.36. The van der Waals surface area contributed by atoms with Gasteiger partial charge in [-0.2, -0.15) is 0 Å². The lowest BCUT2D eigenvalue weighted by molar-refractivity contribution is 0.495. The zero-order chi connectivity index (χ0) is 12.3. The van der Waals surface area contributed by atoms with Gasteiger partial charge in [0.25, 0.3) is 0 Å². The molecule has 1 fully saturated rings. The van der Waals surface area contributed by atoms with Gasteiger partial charge < -0.3 is 5.32 Å². The van der Waals surface area contributed by atoms with Crippen molar-refractivity contribution in [2.45, 2.75) is 23.8 Å². The van der Waals surface area contributed by atoms with Gasteiger partial charge in [0.15, 0.2) is 9.84 Å². The van der Waals surface area contributed by atoms with Crippen LogP contribution in [0.5, 0.6) is 0 Å². The van der Waals surface area contributed by atoms with Crippen molar-refractivity contribution in [2.24, 2.45) is 0 Å². The molecule has 0 radical (unpaired) electrons. The Hall–Kier alpha value is -0.650. The van der Waals surface area contributed by atoms with Gasteiger partial charge in [-0.3, -0.25) is 0 Å². The van der Waals surface area contributed by atoms with E-state index in [0.29, 0.717) is 12.8 Å². The van der Waals surface area contributed by atoms with Crippen molar-refractivity contribution in [3.05, 3.63) is 35.6 Å². The van der Waals surface area contributed by atoms with Gasteiger partial charge >= 0.3 is 0 Å². The van der Waals surface area contributed by atoms with Gasteiger partial charge in [0.1, 0.15) is 5.82 Å². The maximum atomic E-state index is 13.4. The molecule has 1 aliphatic heterocycles. The maximum absolute atomic E-state index is 13.4. The van der Waals surface area contributed by atoms with Crippen molar-refractivity contribution in [3.63, 3.8) is 0 Å². The smallest absolute Gasteiger partial charge is 0.157 e. The first-order valence-corrected chi connectivity index (χ1v) is 7.47. The molecule has 1 heterocycles. The molecule has 18 heavy (non-hydrogen) atoms. The van der Waals surface area contributed by atoms with Crippen LogP contribution in [0.2, 0.25) is 0 Å². The van der Waals surface area contributed by atoms with Gasteiger partial charge in [0.05, 0.1) is 11.0 Å². The summed E-state index contributed by atoms with van der Waals surface area (Å²) in [5, 5.41) is 2.79. The van der Waals surface area contributed by atoms with Crippen molar-refractivity contribution in [1.82, 2.24) is 5.32 Å². The topological polar surface area (TPSA) is 46.2 Å². The molecule has 6 heteroatoms. The van der Waals surface area contributed by atoms with Gasteiger partial charge in [0.2, 0.25) is 0 Å². The minimum Gasteiger partial charge on any atom is -0.317 e. The number of rotatable bonds is 3. The molecule has 0 saturated carbocycles. The van der Waals surface area contributed by atoms with E-state index >= 15 is 0 Å². The second-order valence-electron chi connectivity index (χ2n) is 4.35. The number of sulfone groups is 1. The summed E-state index contributed by atoms with van der Waals surface area (Å²) in [6, 6.07) is 6.06. The third-order valence-corrected chi connectivity index (χ3v) is 5.31. The molecule has 3 nitrogen and oxygen atoms in total. The van der Waals surface area contributed by atoms with Crippen LogP contribution in [0.15, 0.2) is 24.3 Å². The van der Waals surface area contributed by atoms with Gasteiger partial charge in [-0.25, -0.2) is 12.8 Å². The first kappa shape index (κ1) is 15.4.